The van der Waals surface area contributed by atoms with Crippen molar-refractivity contribution in [2.24, 2.45) is 0 Å². The Hall–Kier alpha value is -1.79. The molecule has 2 aromatic rings. The largest absolute Gasteiger partial charge is 0.390 e. The first-order chi connectivity index (χ1) is 10.3. The molecular weight excluding hydrogens is 298 g/mol. The SMILES string of the molecule is CC(CC(C)(C)O)NC(=O)Cc1csc(-c2ccccn2)n1. The summed E-state index contributed by atoms with van der Waals surface area (Å²) in [6.45, 7) is 5.35. The molecular formula is C16H21N3O2S. The third-order valence-corrected chi connectivity index (χ3v) is 3.90. The maximum Gasteiger partial charge on any atom is 0.226 e. The maximum atomic E-state index is 12.0. The maximum absolute atomic E-state index is 12.0. The van der Waals surface area contributed by atoms with Crippen LogP contribution in [-0.2, 0) is 11.2 Å². The number of thiazole rings is 1. The normalized spacial score (nSPS) is 12.9. The number of nitrogens with one attached hydrogen (secondary N) is 1. The van der Waals surface area contributed by atoms with E-state index in [0.29, 0.717) is 6.42 Å². The van der Waals surface area contributed by atoms with Gasteiger partial charge in [-0.05, 0) is 39.3 Å². The quantitative estimate of drug-likeness (QED) is 0.857. The number of rotatable bonds is 6. The summed E-state index contributed by atoms with van der Waals surface area (Å²) in [6.07, 6.45) is 2.47. The van der Waals surface area contributed by atoms with E-state index in [0.717, 1.165) is 16.4 Å². The minimum Gasteiger partial charge on any atom is -0.390 e. The van der Waals surface area contributed by atoms with Gasteiger partial charge in [-0.2, -0.15) is 0 Å². The number of hydrogen-bond acceptors (Lipinski definition) is 5. The van der Waals surface area contributed by atoms with Crippen LogP contribution in [0.25, 0.3) is 10.7 Å². The lowest BCUT2D eigenvalue weighted by Crippen LogP contribution is -2.38. The van der Waals surface area contributed by atoms with Gasteiger partial charge >= 0.3 is 0 Å². The number of amides is 1. The van der Waals surface area contributed by atoms with Gasteiger partial charge in [0.25, 0.3) is 0 Å². The molecule has 22 heavy (non-hydrogen) atoms. The highest BCUT2D eigenvalue weighted by Gasteiger charge is 2.19. The lowest BCUT2D eigenvalue weighted by Gasteiger charge is -2.22. The number of hydrogen-bond donors (Lipinski definition) is 2. The van der Waals surface area contributed by atoms with E-state index in [1.165, 1.54) is 11.3 Å². The van der Waals surface area contributed by atoms with Gasteiger partial charge < -0.3 is 10.4 Å². The lowest BCUT2D eigenvalue weighted by molar-refractivity contribution is -0.121. The van der Waals surface area contributed by atoms with Gasteiger partial charge in [-0.15, -0.1) is 11.3 Å². The average molecular weight is 319 g/mol. The van der Waals surface area contributed by atoms with Crippen molar-refractivity contribution in [3.8, 4) is 10.7 Å². The highest BCUT2D eigenvalue weighted by Crippen LogP contribution is 2.21. The Kier molecular flexibility index (Phi) is 5.26. The second-order valence-corrected chi connectivity index (χ2v) is 6.88. The van der Waals surface area contributed by atoms with E-state index in [4.69, 9.17) is 0 Å². The highest BCUT2D eigenvalue weighted by molar-refractivity contribution is 7.13. The minimum absolute atomic E-state index is 0.0820. The van der Waals surface area contributed by atoms with Crippen LogP contribution in [0.1, 0.15) is 32.9 Å². The molecule has 1 amide bonds. The van der Waals surface area contributed by atoms with E-state index in [-0.39, 0.29) is 18.4 Å². The van der Waals surface area contributed by atoms with Crippen molar-refractivity contribution in [1.82, 2.24) is 15.3 Å². The zero-order valence-corrected chi connectivity index (χ0v) is 13.9. The van der Waals surface area contributed by atoms with Gasteiger partial charge in [0.05, 0.1) is 23.4 Å². The molecule has 1 atom stereocenters. The van der Waals surface area contributed by atoms with Gasteiger partial charge in [0.2, 0.25) is 5.91 Å². The van der Waals surface area contributed by atoms with Crippen molar-refractivity contribution in [2.45, 2.75) is 45.3 Å². The van der Waals surface area contributed by atoms with Crippen molar-refractivity contribution in [3.05, 3.63) is 35.5 Å². The Morgan fingerprint density at radius 1 is 1.45 bits per heavy atom. The first kappa shape index (κ1) is 16.6. The molecule has 0 saturated heterocycles. The molecule has 0 fully saturated rings. The van der Waals surface area contributed by atoms with E-state index in [2.05, 4.69) is 15.3 Å². The van der Waals surface area contributed by atoms with Gasteiger partial charge in [-0.1, -0.05) is 6.07 Å². The predicted molar refractivity (Wildman–Crippen MR) is 87.6 cm³/mol. The van der Waals surface area contributed by atoms with Crippen molar-refractivity contribution < 1.29 is 9.90 Å². The van der Waals surface area contributed by atoms with Crippen LogP contribution in [0.5, 0.6) is 0 Å². The van der Waals surface area contributed by atoms with Gasteiger partial charge in [0.1, 0.15) is 5.01 Å². The molecule has 2 rings (SSSR count). The highest BCUT2D eigenvalue weighted by atomic mass is 32.1. The first-order valence-corrected chi connectivity index (χ1v) is 8.09. The van der Waals surface area contributed by atoms with Crippen molar-refractivity contribution >= 4 is 17.2 Å². The summed E-state index contributed by atoms with van der Waals surface area (Å²) in [6, 6.07) is 5.58. The van der Waals surface area contributed by atoms with Crippen molar-refractivity contribution in [1.29, 1.82) is 0 Å². The van der Waals surface area contributed by atoms with Crippen LogP contribution in [0, 0.1) is 0 Å². The van der Waals surface area contributed by atoms with E-state index >= 15 is 0 Å². The summed E-state index contributed by atoms with van der Waals surface area (Å²) < 4.78 is 0. The van der Waals surface area contributed by atoms with Crippen LogP contribution in [0.15, 0.2) is 29.8 Å². The van der Waals surface area contributed by atoms with Crippen molar-refractivity contribution in [3.63, 3.8) is 0 Å². The molecule has 2 heterocycles. The van der Waals surface area contributed by atoms with Crippen LogP contribution >= 0.6 is 11.3 Å². The van der Waals surface area contributed by atoms with Gasteiger partial charge in [-0.3, -0.25) is 9.78 Å². The minimum atomic E-state index is -0.792. The monoisotopic (exact) mass is 319 g/mol. The van der Waals surface area contributed by atoms with E-state index in [1.807, 2.05) is 30.5 Å². The summed E-state index contributed by atoms with van der Waals surface area (Å²) in [4.78, 5) is 20.7. The zero-order chi connectivity index (χ0) is 16.2. The third-order valence-electron chi connectivity index (χ3n) is 2.99. The zero-order valence-electron chi connectivity index (χ0n) is 13.0. The molecule has 0 saturated carbocycles. The third kappa shape index (κ3) is 5.20. The smallest absolute Gasteiger partial charge is 0.226 e. The Labute approximate surface area is 134 Å². The van der Waals surface area contributed by atoms with Gasteiger partial charge in [0.15, 0.2) is 0 Å². The summed E-state index contributed by atoms with van der Waals surface area (Å²) in [5.41, 5.74) is 0.757. The number of carbonyl (C=O) groups is 1. The van der Waals surface area contributed by atoms with Crippen LogP contribution in [0.2, 0.25) is 0 Å². The van der Waals surface area contributed by atoms with Crippen molar-refractivity contribution in [2.75, 3.05) is 0 Å². The van der Waals surface area contributed by atoms with Gasteiger partial charge in [-0.25, -0.2) is 4.98 Å². The summed E-state index contributed by atoms with van der Waals surface area (Å²) in [5, 5.41) is 15.3. The number of pyridine rings is 1. The van der Waals surface area contributed by atoms with E-state index in [9.17, 15) is 9.90 Å². The molecule has 0 spiro atoms. The van der Waals surface area contributed by atoms with Crippen LogP contribution in [-0.4, -0.2) is 32.6 Å². The lowest BCUT2D eigenvalue weighted by atomic mass is 10.0. The number of nitrogens with zero attached hydrogens (tertiary/aromatic N) is 2. The molecule has 0 bridgehead atoms. The number of aliphatic hydroxyl groups is 1. The molecule has 2 aromatic heterocycles. The molecule has 118 valence electrons. The molecule has 5 nitrogen and oxygen atoms in total. The van der Waals surface area contributed by atoms with Crippen LogP contribution in [0.3, 0.4) is 0 Å². The fraction of sp³-hybridized carbons (Fsp3) is 0.438. The Morgan fingerprint density at radius 3 is 2.86 bits per heavy atom. The molecule has 0 aliphatic heterocycles. The predicted octanol–water partition coefficient (Wildman–Crippen LogP) is 2.41. The number of aromatic nitrogens is 2. The Morgan fingerprint density at radius 2 is 2.23 bits per heavy atom. The Balaban J connectivity index is 1.92. The second-order valence-electron chi connectivity index (χ2n) is 6.02. The standard InChI is InChI=1S/C16H21N3O2S/c1-11(9-16(2,3)21)18-14(20)8-12-10-22-15(19-12)13-6-4-5-7-17-13/h4-7,10-11,21H,8-9H2,1-3H3,(H,18,20). The van der Waals surface area contributed by atoms with Crippen LogP contribution < -0.4 is 5.32 Å². The summed E-state index contributed by atoms with van der Waals surface area (Å²) in [7, 11) is 0. The first-order valence-electron chi connectivity index (χ1n) is 7.21. The number of carbonyl (C=O) groups excluding carboxylic acids is 1. The summed E-state index contributed by atoms with van der Waals surface area (Å²) in [5.74, 6) is -0.0883. The molecule has 0 aliphatic carbocycles. The fourth-order valence-electron chi connectivity index (χ4n) is 2.29. The van der Waals surface area contributed by atoms with E-state index < -0.39 is 5.60 Å². The Bertz CT molecular complexity index is 620. The topological polar surface area (TPSA) is 75.1 Å². The van der Waals surface area contributed by atoms with E-state index in [1.54, 1.807) is 20.0 Å². The fourth-order valence-corrected chi connectivity index (χ4v) is 3.08. The molecule has 2 N–H and O–H groups in total. The van der Waals surface area contributed by atoms with Crippen LogP contribution in [0.4, 0.5) is 0 Å². The molecule has 0 aliphatic rings. The molecule has 0 aromatic carbocycles. The average Bonchev–Trinajstić information content (AvgIpc) is 2.85. The van der Waals surface area contributed by atoms with Gasteiger partial charge in [0, 0.05) is 17.6 Å². The summed E-state index contributed by atoms with van der Waals surface area (Å²) >= 11 is 1.48. The second kappa shape index (κ2) is 6.98. The molecule has 6 heteroatoms. The molecule has 1 unspecified atom stereocenters. The molecule has 0 radical (unpaired) electrons.